The van der Waals surface area contributed by atoms with Gasteiger partial charge < -0.3 is 35.7 Å². The van der Waals surface area contributed by atoms with E-state index in [2.05, 4.69) is 43.5 Å². The molecule has 2 unspecified atom stereocenters. The Morgan fingerprint density at radius 3 is 2.43 bits per heavy atom. The van der Waals surface area contributed by atoms with Gasteiger partial charge in [0.05, 0.1) is 19.8 Å². The van der Waals surface area contributed by atoms with Crippen molar-refractivity contribution in [1.82, 2.24) is 5.32 Å². The van der Waals surface area contributed by atoms with Crippen LogP contribution in [0.25, 0.3) is 0 Å². The molecular formula is C33H54FN3O5. The fraction of sp³-hybridized carbons (Fsp3) is 0.606. The number of aliphatic hydroxyl groups excluding tert-OH is 1. The number of hydrogen-bond acceptors (Lipinski definition) is 7. The van der Waals surface area contributed by atoms with E-state index in [9.17, 15) is 9.18 Å². The number of anilines is 1. The van der Waals surface area contributed by atoms with E-state index in [1.54, 1.807) is 26.2 Å². The van der Waals surface area contributed by atoms with E-state index >= 15 is 0 Å². The highest BCUT2D eigenvalue weighted by Crippen LogP contribution is 2.22. The number of ether oxygens (including phenoxy) is 3. The van der Waals surface area contributed by atoms with Crippen molar-refractivity contribution in [3.63, 3.8) is 0 Å². The summed E-state index contributed by atoms with van der Waals surface area (Å²) < 4.78 is 30.1. The van der Waals surface area contributed by atoms with Gasteiger partial charge in [-0.1, -0.05) is 39.3 Å². The summed E-state index contributed by atoms with van der Waals surface area (Å²) in [5.74, 6) is 0.951. The van der Waals surface area contributed by atoms with Crippen molar-refractivity contribution in [1.29, 1.82) is 0 Å². The second kappa shape index (κ2) is 22.8. The first-order valence-corrected chi connectivity index (χ1v) is 15.2. The highest BCUT2D eigenvalue weighted by molar-refractivity contribution is 5.76. The van der Waals surface area contributed by atoms with Crippen LogP contribution in [0.15, 0.2) is 42.5 Å². The van der Waals surface area contributed by atoms with Crippen LogP contribution in [-0.4, -0.2) is 63.2 Å². The normalized spacial score (nSPS) is 13.0. The van der Waals surface area contributed by atoms with Gasteiger partial charge in [-0.05, 0) is 73.6 Å². The molecule has 42 heavy (non-hydrogen) atoms. The number of benzene rings is 2. The maximum absolute atomic E-state index is 13.2. The van der Waals surface area contributed by atoms with Gasteiger partial charge in [0.15, 0.2) is 0 Å². The van der Waals surface area contributed by atoms with Gasteiger partial charge in [-0.2, -0.15) is 0 Å². The lowest BCUT2D eigenvalue weighted by Gasteiger charge is -2.25. The minimum Gasteiger partial charge on any atom is -0.493 e. The van der Waals surface area contributed by atoms with Crippen molar-refractivity contribution in [2.75, 3.05) is 45.4 Å². The van der Waals surface area contributed by atoms with E-state index in [1.807, 2.05) is 6.07 Å². The molecule has 2 aromatic rings. The standard InChI is InChI=1S/C31H48FN3O4.C2H6O/c1-5-23(3)29(20-34-28-15-13-26(32)14-16-28)35-31(36)10-7-9-27(33)22-38-21-24-11-12-25(6-2)30(19-24)39-18-8-17-37-4;1-2-3/h11-16,19,23,27,29,34H,5-10,17-18,20-22,33H2,1-4H3,(H,35,36);3H,2H2,1H3/t23-,27?,29?;/m0./s1. The Morgan fingerprint density at radius 2 is 1.79 bits per heavy atom. The molecule has 0 heterocycles. The SMILES string of the molecule is CCO.CCc1ccc(COCC(N)CCCC(=O)NC(CNc2ccc(F)cc2)[C@@H](C)CC)cc1OCCCOC. The fourth-order valence-electron chi connectivity index (χ4n) is 4.19. The van der Waals surface area contributed by atoms with Gasteiger partial charge in [0.1, 0.15) is 11.6 Å². The number of nitrogens with one attached hydrogen (secondary N) is 2. The highest BCUT2D eigenvalue weighted by Gasteiger charge is 2.18. The number of halogens is 1. The van der Waals surface area contributed by atoms with Crippen LogP contribution >= 0.6 is 0 Å². The Hall–Kier alpha value is -2.72. The first kappa shape index (κ1) is 37.3. The number of carbonyl (C=O) groups is 1. The smallest absolute Gasteiger partial charge is 0.220 e. The first-order chi connectivity index (χ1) is 20.3. The van der Waals surface area contributed by atoms with Gasteiger partial charge in [0, 0.05) is 57.5 Å². The summed E-state index contributed by atoms with van der Waals surface area (Å²) in [6.45, 7) is 11.0. The summed E-state index contributed by atoms with van der Waals surface area (Å²) in [7, 11) is 1.69. The molecule has 0 radical (unpaired) electrons. The number of methoxy groups -OCH3 is 1. The molecule has 2 rings (SSSR count). The van der Waals surface area contributed by atoms with Gasteiger partial charge in [-0.25, -0.2) is 4.39 Å². The minimum absolute atomic E-state index is 0.0162. The lowest BCUT2D eigenvalue weighted by molar-refractivity contribution is -0.122. The average molecular weight is 592 g/mol. The zero-order chi connectivity index (χ0) is 31.2. The largest absolute Gasteiger partial charge is 0.493 e. The summed E-state index contributed by atoms with van der Waals surface area (Å²) in [6.07, 6.45) is 4.51. The van der Waals surface area contributed by atoms with E-state index in [0.717, 1.165) is 36.3 Å². The van der Waals surface area contributed by atoms with Gasteiger partial charge in [0.25, 0.3) is 0 Å². The van der Waals surface area contributed by atoms with Crippen LogP contribution in [0.1, 0.15) is 70.9 Å². The molecule has 1 amide bonds. The molecule has 0 aliphatic carbocycles. The lowest BCUT2D eigenvalue weighted by atomic mass is 9.98. The number of aliphatic hydroxyl groups is 1. The zero-order valence-corrected chi connectivity index (χ0v) is 26.3. The van der Waals surface area contributed by atoms with Gasteiger partial charge in [-0.3, -0.25) is 4.79 Å². The van der Waals surface area contributed by atoms with E-state index in [4.69, 9.17) is 25.1 Å². The predicted octanol–water partition coefficient (Wildman–Crippen LogP) is 5.46. The molecule has 8 nitrogen and oxygen atoms in total. The van der Waals surface area contributed by atoms with Crippen LogP contribution in [0.2, 0.25) is 0 Å². The van der Waals surface area contributed by atoms with Crippen LogP contribution in [0.5, 0.6) is 5.75 Å². The third kappa shape index (κ3) is 16.1. The van der Waals surface area contributed by atoms with Crippen LogP contribution in [0.4, 0.5) is 10.1 Å². The number of rotatable bonds is 20. The maximum atomic E-state index is 13.2. The van der Waals surface area contributed by atoms with Gasteiger partial charge in [0.2, 0.25) is 5.91 Å². The van der Waals surface area contributed by atoms with E-state index < -0.39 is 0 Å². The van der Waals surface area contributed by atoms with E-state index in [1.165, 1.54) is 17.7 Å². The summed E-state index contributed by atoms with van der Waals surface area (Å²) in [6, 6.07) is 12.3. The second-order valence-corrected chi connectivity index (χ2v) is 10.4. The maximum Gasteiger partial charge on any atom is 0.220 e. The van der Waals surface area contributed by atoms with Crippen LogP contribution in [0.3, 0.4) is 0 Å². The fourth-order valence-corrected chi connectivity index (χ4v) is 4.19. The Labute approximate surface area is 252 Å². The van der Waals surface area contributed by atoms with Crippen molar-refractivity contribution in [2.24, 2.45) is 11.7 Å². The molecule has 0 aliphatic heterocycles. The van der Waals surface area contributed by atoms with Crippen molar-refractivity contribution >= 4 is 11.6 Å². The van der Waals surface area contributed by atoms with Crippen molar-refractivity contribution in [3.8, 4) is 5.75 Å². The van der Waals surface area contributed by atoms with Crippen molar-refractivity contribution in [3.05, 3.63) is 59.4 Å². The molecule has 0 saturated carbocycles. The molecule has 0 spiro atoms. The molecule has 5 N–H and O–H groups in total. The molecular weight excluding hydrogens is 537 g/mol. The summed E-state index contributed by atoms with van der Waals surface area (Å²) >= 11 is 0. The van der Waals surface area contributed by atoms with Crippen molar-refractivity contribution < 1.29 is 28.5 Å². The topological polar surface area (TPSA) is 115 Å². The second-order valence-electron chi connectivity index (χ2n) is 10.4. The molecule has 238 valence electrons. The predicted molar refractivity (Wildman–Crippen MR) is 168 cm³/mol. The lowest BCUT2D eigenvalue weighted by Crippen LogP contribution is -2.44. The summed E-state index contributed by atoms with van der Waals surface area (Å²) in [5.41, 5.74) is 9.31. The molecule has 0 bridgehead atoms. The van der Waals surface area contributed by atoms with Crippen LogP contribution < -0.4 is 21.1 Å². The Kier molecular flexibility index (Phi) is 20.3. The van der Waals surface area contributed by atoms with Crippen LogP contribution in [0, 0.1) is 11.7 Å². The quantitative estimate of drug-likeness (QED) is 0.151. The molecule has 0 fully saturated rings. The van der Waals surface area contributed by atoms with E-state index in [-0.39, 0.29) is 30.4 Å². The first-order valence-electron chi connectivity index (χ1n) is 15.2. The molecule has 0 aromatic heterocycles. The molecule has 0 aliphatic rings. The average Bonchev–Trinajstić information content (AvgIpc) is 2.98. The van der Waals surface area contributed by atoms with Gasteiger partial charge in [-0.15, -0.1) is 0 Å². The summed E-state index contributed by atoms with van der Waals surface area (Å²) in [4.78, 5) is 12.6. The number of nitrogens with two attached hydrogens (primary N) is 1. The molecule has 2 aromatic carbocycles. The molecule has 3 atom stereocenters. The number of aryl methyl sites for hydroxylation is 1. The highest BCUT2D eigenvalue weighted by atomic mass is 19.1. The van der Waals surface area contributed by atoms with Crippen molar-refractivity contribution in [2.45, 2.75) is 84.9 Å². The Morgan fingerprint density at radius 1 is 1.07 bits per heavy atom. The van der Waals surface area contributed by atoms with E-state index in [0.29, 0.717) is 58.2 Å². The Bertz CT molecular complexity index is 977. The number of amides is 1. The Balaban J connectivity index is 0.00000281. The summed E-state index contributed by atoms with van der Waals surface area (Å²) in [5, 5.41) is 14.0. The third-order valence-corrected chi connectivity index (χ3v) is 6.89. The number of carbonyl (C=O) groups excluding carboxylic acids is 1. The third-order valence-electron chi connectivity index (χ3n) is 6.89. The molecule has 0 saturated heterocycles. The minimum atomic E-state index is -0.269. The van der Waals surface area contributed by atoms with Crippen LogP contribution in [-0.2, 0) is 27.3 Å². The van der Waals surface area contributed by atoms with Gasteiger partial charge >= 0.3 is 0 Å². The number of hydrogen-bond donors (Lipinski definition) is 4. The monoisotopic (exact) mass is 591 g/mol. The zero-order valence-electron chi connectivity index (χ0n) is 26.3. The molecule has 9 heteroatoms.